The Hall–Kier alpha value is -3.74. The summed E-state index contributed by atoms with van der Waals surface area (Å²) in [4.78, 5) is 16.6. The van der Waals surface area contributed by atoms with Crippen LogP contribution in [0, 0.1) is 0 Å². The summed E-state index contributed by atoms with van der Waals surface area (Å²) in [6.07, 6.45) is 3.33. The van der Waals surface area contributed by atoms with E-state index in [1.165, 1.54) is 0 Å². The van der Waals surface area contributed by atoms with Crippen LogP contribution >= 0.6 is 0 Å². The lowest BCUT2D eigenvalue weighted by Gasteiger charge is -2.08. The molecule has 7 nitrogen and oxygen atoms in total. The predicted octanol–water partition coefficient (Wildman–Crippen LogP) is 2.62. The molecule has 4 aromatic rings. The van der Waals surface area contributed by atoms with Crippen molar-refractivity contribution < 1.29 is 9.53 Å². The fourth-order valence-corrected chi connectivity index (χ4v) is 2.68. The highest BCUT2D eigenvalue weighted by atomic mass is 16.5. The van der Waals surface area contributed by atoms with Crippen LogP contribution < -0.4 is 10.1 Å². The van der Waals surface area contributed by atoms with Gasteiger partial charge in [0, 0.05) is 11.6 Å². The number of ether oxygens (including phenoxy) is 1. The highest BCUT2D eigenvalue weighted by Crippen LogP contribution is 2.22. The van der Waals surface area contributed by atoms with Crippen molar-refractivity contribution in [2.45, 2.75) is 0 Å². The molecule has 4 rings (SSSR count). The second kappa shape index (κ2) is 7.65. The van der Waals surface area contributed by atoms with Crippen LogP contribution in [0.1, 0.15) is 10.5 Å². The number of rotatable bonds is 6. The van der Waals surface area contributed by atoms with Crippen molar-refractivity contribution in [3.63, 3.8) is 0 Å². The number of pyridine rings is 1. The fourth-order valence-electron chi connectivity index (χ4n) is 2.68. The zero-order valence-corrected chi connectivity index (χ0v) is 14.4. The van der Waals surface area contributed by atoms with E-state index in [0.29, 0.717) is 18.9 Å². The molecule has 0 aliphatic rings. The van der Waals surface area contributed by atoms with Gasteiger partial charge in [0.15, 0.2) is 5.69 Å². The van der Waals surface area contributed by atoms with Gasteiger partial charge >= 0.3 is 0 Å². The lowest BCUT2D eigenvalue weighted by molar-refractivity contribution is 0.0942. The standard InChI is InChI=1S/C20H17N5O2/c26-20(17-14-25(24-23-17)16-8-2-1-3-9-16)22-12-13-27-18-10-4-6-15-7-5-11-21-19(15)18/h1-11,14H,12-13H2,(H,22,26). The van der Waals surface area contributed by atoms with E-state index in [1.807, 2.05) is 60.7 Å². The summed E-state index contributed by atoms with van der Waals surface area (Å²) in [6.45, 7) is 0.675. The van der Waals surface area contributed by atoms with Crippen LogP contribution in [0.2, 0.25) is 0 Å². The summed E-state index contributed by atoms with van der Waals surface area (Å²) in [5.74, 6) is 0.397. The van der Waals surface area contributed by atoms with E-state index < -0.39 is 0 Å². The van der Waals surface area contributed by atoms with Crippen molar-refractivity contribution in [1.82, 2.24) is 25.3 Å². The Morgan fingerprint density at radius 1 is 1.04 bits per heavy atom. The number of nitrogens with one attached hydrogen (secondary N) is 1. The number of benzene rings is 2. The molecular weight excluding hydrogens is 342 g/mol. The number of carbonyl (C=O) groups excluding carboxylic acids is 1. The number of fused-ring (bicyclic) bond motifs is 1. The molecule has 2 aromatic heterocycles. The summed E-state index contributed by atoms with van der Waals surface area (Å²) < 4.78 is 7.32. The van der Waals surface area contributed by atoms with Gasteiger partial charge in [0.1, 0.15) is 17.9 Å². The molecule has 0 spiro atoms. The molecule has 0 aliphatic carbocycles. The molecule has 0 fully saturated rings. The third kappa shape index (κ3) is 3.77. The highest BCUT2D eigenvalue weighted by molar-refractivity contribution is 5.91. The minimum atomic E-state index is -0.295. The molecule has 2 heterocycles. The highest BCUT2D eigenvalue weighted by Gasteiger charge is 2.11. The van der Waals surface area contributed by atoms with Gasteiger partial charge < -0.3 is 10.1 Å². The molecule has 0 radical (unpaired) electrons. The Labute approximate surface area is 155 Å². The van der Waals surface area contributed by atoms with Crippen LogP contribution in [0.4, 0.5) is 0 Å². The van der Waals surface area contributed by atoms with Gasteiger partial charge in [-0.15, -0.1) is 5.10 Å². The van der Waals surface area contributed by atoms with Crippen molar-refractivity contribution in [3.8, 4) is 11.4 Å². The van der Waals surface area contributed by atoms with Crippen LogP contribution in [0.3, 0.4) is 0 Å². The van der Waals surface area contributed by atoms with Crippen molar-refractivity contribution in [2.24, 2.45) is 0 Å². The topological polar surface area (TPSA) is 81.9 Å². The van der Waals surface area contributed by atoms with E-state index >= 15 is 0 Å². The van der Waals surface area contributed by atoms with E-state index in [9.17, 15) is 4.79 Å². The van der Waals surface area contributed by atoms with Crippen LogP contribution in [0.25, 0.3) is 16.6 Å². The van der Waals surface area contributed by atoms with Gasteiger partial charge in [-0.1, -0.05) is 41.6 Å². The maximum atomic E-state index is 12.2. The summed E-state index contributed by atoms with van der Waals surface area (Å²) in [6, 6.07) is 19.1. The van der Waals surface area contributed by atoms with Gasteiger partial charge in [-0.25, -0.2) is 4.68 Å². The van der Waals surface area contributed by atoms with Crippen LogP contribution in [0.5, 0.6) is 5.75 Å². The zero-order chi connectivity index (χ0) is 18.5. The third-order valence-electron chi connectivity index (χ3n) is 3.99. The lowest BCUT2D eigenvalue weighted by atomic mass is 10.2. The molecule has 1 N–H and O–H groups in total. The van der Waals surface area contributed by atoms with Crippen molar-refractivity contribution in [3.05, 3.63) is 78.8 Å². The average Bonchev–Trinajstić information content (AvgIpc) is 3.22. The van der Waals surface area contributed by atoms with E-state index in [-0.39, 0.29) is 11.6 Å². The number of carbonyl (C=O) groups is 1. The first-order chi connectivity index (χ1) is 13.3. The fraction of sp³-hybridized carbons (Fsp3) is 0.100. The minimum Gasteiger partial charge on any atom is -0.489 e. The van der Waals surface area contributed by atoms with Crippen LogP contribution in [-0.2, 0) is 0 Å². The third-order valence-corrected chi connectivity index (χ3v) is 3.99. The summed E-state index contributed by atoms with van der Waals surface area (Å²) in [7, 11) is 0. The number of nitrogens with zero attached hydrogens (tertiary/aromatic N) is 4. The molecule has 0 saturated carbocycles. The summed E-state index contributed by atoms with van der Waals surface area (Å²) >= 11 is 0. The zero-order valence-electron chi connectivity index (χ0n) is 14.4. The van der Waals surface area contributed by atoms with Crippen molar-refractivity contribution in [1.29, 1.82) is 0 Å². The maximum Gasteiger partial charge on any atom is 0.273 e. The molecule has 0 unspecified atom stereocenters. The molecule has 27 heavy (non-hydrogen) atoms. The molecule has 7 heteroatoms. The molecule has 2 aromatic carbocycles. The van der Waals surface area contributed by atoms with E-state index in [1.54, 1.807) is 17.1 Å². The quantitative estimate of drug-likeness (QED) is 0.535. The van der Waals surface area contributed by atoms with Crippen LogP contribution in [0.15, 0.2) is 73.1 Å². The molecule has 0 bridgehead atoms. The Bertz CT molecular complexity index is 1060. The maximum absolute atomic E-state index is 12.2. The first-order valence-electron chi connectivity index (χ1n) is 8.54. The SMILES string of the molecule is O=C(NCCOc1cccc2cccnc12)c1cn(-c2ccccc2)nn1. The van der Waals surface area contributed by atoms with Crippen molar-refractivity contribution >= 4 is 16.8 Å². The predicted molar refractivity (Wildman–Crippen MR) is 101 cm³/mol. The molecular formula is C20H17N5O2. The van der Waals surface area contributed by atoms with Crippen LogP contribution in [-0.4, -0.2) is 39.0 Å². The van der Waals surface area contributed by atoms with Gasteiger partial charge in [-0.05, 0) is 24.3 Å². The largest absolute Gasteiger partial charge is 0.489 e. The first kappa shape index (κ1) is 16.7. The monoisotopic (exact) mass is 359 g/mol. The lowest BCUT2D eigenvalue weighted by Crippen LogP contribution is -2.28. The van der Waals surface area contributed by atoms with Gasteiger partial charge in [-0.3, -0.25) is 9.78 Å². The second-order valence-corrected chi connectivity index (χ2v) is 5.82. The van der Waals surface area contributed by atoms with Gasteiger partial charge in [0.2, 0.25) is 0 Å². The molecule has 0 atom stereocenters. The van der Waals surface area contributed by atoms with Gasteiger partial charge in [0.05, 0.1) is 18.4 Å². The normalized spacial score (nSPS) is 10.7. The molecule has 134 valence electrons. The van der Waals surface area contributed by atoms with Crippen molar-refractivity contribution in [2.75, 3.05) is 13.2 Å². The number of amides is 1. The van der Waals surface area contributed by atoms with E-state index in [0.717, 1.165) is 16.6 Å². The van der Waals surface area contributed by atoms with Gasteiger partial charge in [0.25, 0.3) is 5.91 Å². The summed E-state index contributed by atoms with van der Waals surface area (Å²) in [5, 5.41) is 11.7. The minimum absolute atomic E-state index is 0.255. The number of hydrogen-bond donors (Lipinski definition) is 1. The number of para-hydroxylation sites is 2. The average molecular weight is 359 g/mol. The Balaban J connectivity index is 1.33. The first-order valence-corrected chi connectivity index (χ1v) is 8.54. The summed E-state index contributed by atoms with van der Waals surface area (Å²) in [5.41, 5.74) is 1.90. The smallest absolute Gasteiger partial charge is 0.273 e. The number of hydrogen-bond acceptors (Lipinski definition) is 5. The second-order valence-electron chi connectivity index (χ2n) is 5.82. The Kier molecular flexibility index (Phi) is 4.74. The Morgan fingerprint density at radius 3 is 2.78 bits per heavy atom. The molecule has 0 saturated heterocycles. The Morgan fingerprint density at radius 2 is 1.89 bits per heavy atom. The van der Waals surface area contributed by atoms with Gasteiger partial charge in [-0.2, -0.15) is 0 Å². The van der Waals surface area contributed by atoms with E-state index in [2.05, 4.69) is 20.6 Å². The number of aromatic nitrogens is 4. The molecule has 1 amide bonds. The molecule has 0 aliphatic heterocycles. The van der Waals surface area contributed by atoms with E-state index in [4.69, 9.17) is 4.74 Å².